The molecule has 3 aromatic rings. The summed E-state index contributed by atoms with van der Waals surface area (Å²) in [5.41, 5.74) is 14.4. The number of carbonyl (C=O) groups is 1. The van der Waals surface area contributed by atoms with Crippen LogP contribution < -0.4 is 22.1 Å². The summed E-state index contributed by atoms with van der Waals surface area (Å²) in [6, 6.07) is 6.75. The summed E-state index contributed by atoms with van der Waals surface area (Å²) in [6.07, 6.45) is 3.82. The third kappa shape index (κ3) is 4.25. The van der Waals surface area contributed by atoms with Gasteiger partial charge in [-0.3, -0.25) is 9.48 Å². The van der Waals surface area contributed by atoms with Gasteiger partial charge in [-0.2, -0.15) is 5.10 Å². The summed E-state index contributed by atoms with van der Waals surface area (Å²) in [4.78, 5) is 16.4. The number of fused-ring (bicyclic) bond motifs is 1. The Labute approximate surface area is 186 Å². The molecule has 1 saturated carbocycles. The molecule has 8 nitrogen and oxygen atoms in total. The zero-order valence-electron chi connectivity index (χ0n) is 18.7. The fraction of sp³-hybridized carbons (Fsp3) is 0.435. The number of pyridine rings is 1. The van der Waals surface area contributed by atoms with Crippen LogP contribution in [0.2, 0.25) is 0 Å². The lowest BCUT2D eigenvalue weighted by Crippen LogP contribution is -2.43. The van der Waals surface area contributed by atoms with E-state index in [0.29, 0.717) is 5.69 Å². The highest BCUT2D eigenvalue weighted by Gasteiger charge is 2.24. The number of aromatic nitrogens is 3. The van der Waals surface area contributed by atoms with Gasteiger partial charge in [-0.15, -0.1) is 0 Å². The summed E-state index contributed by atoms with van der Waals surface area (Å²) < 4.78 is 16.6. The van der Waals surface area contributed by atoms with Crippen molar-refractivity contribution in [3.05, 3.63) is 41.3 Å². The molecule has 4 rings (SSSR count). The van der Waals surface area contributed by atoms with E-state index in [2.05, 4.69) is 34.6 Å². The Balaban J connectivity index is 1.70. The van der Waals surface area contributed by atoms with Gasteiger partial charge >= 0.3 is 0 Å². The van der Waals surface area contributed by atoms with E-state index in [1.165, 1.54) is 0 Å². The van der Waals surface area contributed by atoms with Crippen LogP contribution in [0.4, 0.5) is 21.7 Å². The molecule has 170 valence electrons. The number of primary amides is 1. The number of halogens is 1. The molecule has 0 saturated heterocycles. The standard InChI is InChI=1S/C23H30FN7O/c1-12(2)20-14-10-13(8-9-19(14)31(3)30-20)27-22-15(21(26)32)11-16(24)23(29-22)28-18-7-5-4-6-17(18)25/h8-12,17-18H,4-7,25H2,1-3H3,(H2,26,32)(H2,27,28,29)/t17-,18+/m0/s1. The van der Waals surface area contributed by atoms with E-state index in [1.54, 1.807) is 0 Å². The normalized spacial score (nSPS) is 18.8. The average Bonchev–Trinajstić information content (AvgIpc) is 3.08. The molecule has 1 aliphatic carbocycles. The molecule has 0 unspecified atom stereocenters. The Hall–Kier alpha value is -3.20. The van der Waals surface area contributed by atoms with Gasteiger partial charge in [-0.25, -0.2) is 9.37 Å². The van der Waals surface area contributed by atoms with Crippen molar-refractivity contribution < 1.29 is 9.18 Å². The highest BCUT2D eigenvalue weighted by atomic mass is 19.1. The molecule has 0 spiro atoms. The van der Waals surface area contributed by atoms with Gasteiger partial charge in [0.25, 0.3) is 5.91 Å². The lowest BCUT2D eigenvalue weighted by molar-refractivity contribution is 0.100. The summed E-state index contributed by atoms with van der Waals surface area (Å²) >= 11 is 0. The molecule has 6 N–H and O–H groups in total. The first-order valence-electron chi connectivity index (χ1n) is 11.0. The minimum Gasteiger partial charge on any atom is -0.365 e. The lowest BCUT2D eigenvalue weighted by Gasteiger charge is -2.30. The number of hydrogen-bond donors (Lipinski definition) is 4. The first-order chi connectivity index (χ1) is 15.2. The first-order valence-corrected chi connectivity index (χ1v) is 11.0. The van der Waals surface area contributed by atoms with Crippen LogP contribution in [-0.2, 0) is 7.05 Å². The van der Waals surface area contributed by atoms with Crippen molar-refractivity contribution in [2.75, 3.05) is 10.6 Å². The molecule has 2 aromatic heterocycles. The molecule has 0 bridgehead atoms. The predicted octanol–water partition coefficient (Wildman–Crippen LogP) is 3.76. The van der Waals surface area contributed by atoms with Crippen molar-refractivity contribution in [2.24, 2.45) is 18.5 Å². The molecule has 32 heavy (non-hydrogen) atoms. The van der Waals surface area contributed by atoms with Crippen LogP contribution in [0.5, 0.6) is 0 Å². The van der Waals surface area contributed by atoms with Gasteiger partial charge in [0.05, 0.1) is 16.8 Å². The maximum atomic E-state index is 14.8. The number of nitrogens with one attached hydrogen (secondary N) is 2. The van der Waals surface area contributed by atoms with Crippen molar-refractivity contribution in [2.45, 2.75) is 57.5 Å². The van der Waals surface area contributed by atoms with Crippen LogP contribution in [0.1, 0.15) is 61.5 Å². The lowest BCUT2D eigenvalue weighted by atomic mass is 9.91. The van der Waals surface area contributed by atoms with Crippen molar-refractivity contribution >= 4 is 34.1 Å². The molecule has 1 amide bonds. The largest absolute Gasteiger partial charge is 0.365 e. The van der Waals surface area contributed by atoms with Gasteiger partial charge in [0.2, 0.25) is 0 Å². The highest BCUT2D eigenvalue weighted by Crippen LogP contribution is 2.30. The molecule has 2 atom stereocenters. The number of nitrogens with two attached hydrogens (primary N) is 2. The average molecular weight is 440 g/mol. The molecule has 1 aromatic carbocycles. The highest BCUT2D eigenvalue weighted by molar-refractivity contribution is 5.99. The number of aryl methyl sites for hydroxylation is 1. The molecular weight excluding hydrogens is 409 g/mol. The van der Waals surface area contributed by atoms with Crippen LogP contribution >= 0.6 is 0 Å². The van der Waals surface area contributed by atoms with E-state index in [1.807, 2.05) is 29.9 Å². The molecule has 0 aliphatic heterocycles. The third-order valence-corrected chi connectivity index (χ3v) is 6.07. The Kier molecular flexibility index (Phi) is 6.01. The van der Waals surface area contributed by atoms with Gasteiger partial charge in [0, 0.05) is 30.2 Å². The Morgan fingerprint density at radius 3 is 2.66 bits per heavy atom. The number of nitrogens with zero attached hydrogens (tertiary/aromatic N) is 3. The Morgan fingerprint density at radius 2 is 1.97 bits per heavy atom. The maximum Gasteiger partial charge on any atom is 0.252 e. The number of hydrogen-bond acceptors (Lipinski definition) is 6. The number of amides is 1. The Morgan fingerprint density at radius 1 is 1.22 bits per heavy atom. The Bertz CT molecular complexity index is 1160. The number of anilines is 3. The summed E-state index contributed by atoms with van der Waals surface area (Å²) in [5.74, 6) is -0.892. The molecular formula is C23H30FN7O. The minimum atomic E-state index is -0.759. The first kappa shape index (κ1) is 22.0. The van der Waals surface area contributed by atoms with E-state index >= 15 is 0 Å². The quantitative estimate of drug-likeness (QED) is 0.464. The van der Waals surface area contributed by atoms with Crippen molar-refractivity contribution in [1.29, 1.82) is 0 Å². The van der Waals surface area contributed by atoms with Gasteiger partial charge < -0.3 is 22.1 Å². The zero-order chi connectivity index (χ0) is 23.0. The number of carbonyl (C=O) groups excluding carboxylic acids is 1. The number of rotatable bonds is 6. The molecule has 0 radical (unpaired) electrons. The zero-order valence-corrected chi connectivity index (χ0v) is 18.7. The SMILES string of the molecule is CC(C)c1nn(C)c2ccc(Nc3nc(N[C@@H]4CCCC[C@@H]4N)c(F)cc3C(N)=O)cc12. The van der Waals surface area contributed by atoms with Crippen LogP contribution in [0.3, 0.4) is 0 Å². The van der Waals surface area contributed by atoms with Crippen LogP contribution in [0.25, 0.3) is 10.9 Å². The van der Waals surface area contributed by atoms with Gasteiger partial charge in [-0.1, -0.05) is 26.7 Å². The second kappa shape index (κ2) is 8.74. The summed E-state index contributed by atoms with van der Waals surface area (Å²) in [6.45, 7) is 4.17. The van der Waals surface area contributed by atoms with Gasteiger partial charge in [0.1, 0.15) is 5.82 Å². The van der Waals surface area contributed by atoms with Crippen molar-refractivity contribution in [3.8, 4) is 0 Å². The summed E-state index contributed by atoms with van der Waals surface area (Å²) in [7, 11) is 1.90. The molecule has 1 fully saturated rings. The van der Waals surface area contributed by atoms with E-state index in [4.69, 9.17) is 11.5 Å². The smallest absolute Gasteiger partial charge is 0.252 e. The van der Waals surface area contributed by atoms with E-state index in [-0.39, 0.29) is 35.2 Å². The molecule has 2 heterocycles. The van der Waals surface area contributed by atoms with Crippen LogP contribution in [0.15, 0.2) is 24.3 Å². The second-order valence-electron chi connectivity index (χ2n) is 8.80. The topological polar surface area (TPSA) is 124 Å². The molecule has 1 aliphatic rings. The predicted molar refractivity (Wildman–Crippen MR) is 125 cm³/mol. The summed E-state index contributed by atoms with van der Waals surface area (Å²) in [5, 5.41) is 11.9. The van der Waals surface area contributed by atoms with E-state index in [9.17, 15) is 9.18 Å². The van der Waals surface area contributed by atoms with Gasteiger partial charge in [0.15, 0.2) is 11.6 Å². The fourth-order valence-electron chi connectivity index (χ4n) is 4.32. The molecule has 9 heteroatoms. The van der Waals surface area contributed by atoms with E-state index in [0.717, 1.165) is 48.3 Å². The van der Waals surface area contributed by atoms with E-state index < -0.39 is 11.7 Å². The number of benzene rings is 1. The van der Waals surface area contributed by atoms with Crippen molar-refractivity contribution in [1.82, 2.24) is 14.8 Å². The van der Waals surface area contributed by atoms with Crippen LogP contribution in [0, 0.1) is 5.82 Å². The third-order valence-electron chi connectivity index (χ3n) is 6.07. The van der Waals surface area contributed by atoms with Crippen molar-refractivity contribution in [3.63, 3.8) is 0 Å². The van der Waals surface area contributed by atoms with Gasteiger partial charge in [-0.05, 0) is 43.0 Å². The maximum absolute atomic E-state index is 14.8. The fourth-order valence-corrected chi connectivity index (χ4v) is 4.32. The second-order valence-corrected chi connectivity index (χ2v) is 8.80. The van der Waals surface area contributed by atoms with Crippen LogP contribution in [-0.4, -0.2) is 32.8 Å². The minimum absolute atomic E-state index is 0.0173. The monoisotopic (exact) mass is 439 g/mol.